The molecule has 1 atom stereocenters. The molecule has 11 heteroatoms. The summed E-state index contributed by atoms with van der Waals surface area (Å²) < 4.78 is 59.1. The number of aromatic nitrogens is 3. The molecule has 2 aromatic heterocycles. The van der Waals surface area contributed by atoms with Gasteiger partial charge < -0.3 is 9.26 Å². The van der Waals surface area contributed by atoms with Gasteiger partial charge in [-0.1, -0.05) is 5.16 Å². The van der Waals surface area contributed by atoms with Crippen LogP contribution in [0.4, 0.5) is 8.78 Å². The topological polar surface area (TPSA) is 98.4 Å². The van der Waals surface area contributed by atoms with Crippen LogP contribution in [0.15, 0.2) is 22.9 Å². The van der Waals surface area contributed by atoms with Gasteiger partial charge in [0.05, 0.1) is 0 Å². The van der Waals surface area contributed by atoms with Crippen LogP contribution >= 0.6 is 0 Å². The second kappa shape index (κ2) is 5.81. The molecule has 0 spiro atoms. The molecule has 0 amide bonds. The van der Waals surface area contributed by atoms with E-state index in [2.05, 4.69) is 19.9 Å². The van der Waals surface area contributed by atoms with Crippen molar-refractivity contribution in [3.05, 3.63) is 24.2 Å². The fraction of sp³-hybridized carbons (Fsp3) is 0.417. The van der Waals surface area contributed by atoms with Gasteiger partial charge in [0, 0.05) is 31.4 Å². The summed E-state index contributed by atoms with van der Waals surface area (Å²) in [5.41, 5.74) is 0.328. The molecule has 0 aliphatic carbocycles. The lowest BCUT2D eigenvalue weighted by Crippen LogP contribution is -2.22. The van der Waals surface area contributed by atoms with Crippen molar-refractivity contribution in [1.29, 1.82) is 0 Å². The number of nitrogens with zero attached hydrogens (tertiary/aromatic N) is 4. The van der Waals surface area contributed by atoms with E-state index in [9.17, 15) is 17.2 Å². The summed E-state index contributed by atoms with van der Waals surface area (Å²) in [6, 6.07) is 2.69. The molecule has 0 saturated carbocycles. The maximum absolute atomic E-state index is 12.2. The third-order valence-corrected chi connectivity index (χ3v) is 5.63. The summed E-state index contributed by atoms with van der Waals surface area (Å²) in [5, 5.41) is 2.81. The first-order valence-corrected chi connectivity index (χ1v) is 8.08. The normalized spacial score (nSPS) is 21.0. The van der Waals surface area contributed by atoms with Crippen LogP contribution in [0.3, 0.4) is 0 Å². The first kappa shape index (κ1) is 15.7. The Morgan fingerprint density at radius 3 is 2.91 bits per heavy atom. The van der Waals surface area contributed by atoms with Gasteiger partial charge >= 0.3 is 6.61 Å². The number of alkyl halides is 2. The number of sulfonamides is 1. The van der Waals surface area contributed by atoms with Crippen molar-refractivity contribution in [3.8, 4) is 17.3 Å². The Bertz CT molecular complexity index is 811. The second-order valence-corrected chi connectivity index (χ2v) is 7.08. The Hall–Kier alpha value is -2.14. The average Bonchev–Trinajstić information content (AvgIpc) is 3.05. The molecule has 2 aromatic rings. The van der Waals surface area contributed by atoms with Gasteiger partial charge in [-0.3, -0.25) is 0 Å². The van der Waals surface area contributed by atoms with Gasteiger partial charge in [0.1, 0.15) is 0 Å². The largest absolute Gasteiger partial charge is 0.417 e. The lowest BCUT2D eigenvalue weighted by atomic mass is 10.2. The van der Waals surface area contributed by atoms with Crippen molar-refractivity contribution in [1.82, 2.24) is 19.4 Å². The smallest absolute Gasteiger partial charge is 0.388 e. The van der Waals surface area contributed by atoms with Crippen molar-refractivity contribution in [2.45, 2.75) is 18.3 Å². The van der Waals surface area contributed by atoms with Crippen molar-refractivity contribution in [3.63, 3.8) is 0 Å². The van der Waals surface area contributed by atoms with E-state index in [-0.39, 0.29) is 17.6 Å². The van der Waals surface area contributed by atoms with E-state index >= 15 is 0 Å². The zero-order chi connectivity index (χ0) is 16.6. The lowest BCUT2D eigenvalue weighted by Gasteiger charge is -2.08. The molecule has 23 heavy (non-hydrogen) atoms. The number of pyridine rings is 1. The lowest BCUT2D eigenvalue weighted by molar-refractivity contribution is -0.0528. The van der Waals surface area contributed by atoms with Gasteiger partial charge in [0.25, 0.3) is 0 Å². The van der Waals surface area contributed by atoms with Crippen LogP contribution in [0.2, 0.25) is 0 Å². The molecule has 3 heterocycles. The molecule has 0 N–H and O–H groups in total. The van der Waals surface area contributed by atoms with Crippen LogP contribution in [0, 0.1) is 0 Å². The van der Waals surface area contributed by atoms with E-state index in [0.717, 1.165) is 0 Å². The molecule has 1 aliphatic heterocycles. The highest BCUT2D eigenvalue weighted by Gasteiger charge is 2.41. The van der Waals surface area contributed by atoms with E-state index < -0.39 is 21.9 Å². The number of hydrogen-bond donors (Lipinski definition) is 0. The quantitative estimate of drug-likeness (QED) is 0.826. The van der Waals surface area contributed by atoms with E-state index in [1.54, 1.807) is 0 Å². The zero-order valence-electron chi connectivity index (χ0n) is 11.9. The minimum Gasteiger partial charge on any atom is -0.417 e. The third-order valence-electron chi connectivity index (χ3n) is 3.42. The van der Waals surface area contributed by atoms with Crippen LogP contribution < -0.4 is 4.74 Å². The molecule has 8 nitrogen and oxygen atoms in total. The molecular formula is C12H12F2N4O4S. The van der Waals surface area contributed by atoms with E-state index in [1.165, 1.54) is 29.7 Å². The summed E-state index contributed by atoms with van der Waals surface area (Å²) in [5.74, 6) is -0.249. The van der Waals surface area contributed by atoms with Crippen molar-refractivity contribution >= 4 is 10.0 Å². The third kappa shape index (κ3) is 3.01. The summed E-state index contributed by atoms with van der Waals surface area (Å²) in [6.07, 6.45) is 1.60. The Kier molecular flexibility index (Phi) is 3.98. The molecule has 3 rings (SSSR count). The minimum absolute atomic E-state index is 0.0301. The molecule has 1 fully saturated rings. The predicted octanol–water partition coefficient (Wildman–Crippen LogP) is 1.44. The number of ether oxygens (including phenoxy) is 1. The highest BCUT2D eigenvalue weighted by Crippen LogP contribution is 2.34. The number of halogens is 2. The van der Waals surface area contributed by atoms with Crippen molar-refractivity contribution in [2.75, 3.05) is 13.6 Å². The number of rotatable bonds is 4. The summed E-state index contributed by atoms with van der Waals surface area (Å²) >= 11 is 0. The Balaban J connectivity index is 1.88. The van der Waals surface area contributed by atoms with Crippen LogP contribution in [0.1, 0.15) is 17.6 Å². The van der Waals surface area contributed by atoms with Gasteiger partial charge in [-0.25, -0.2) is 17.7 Å². The Morgan fingerprint density at radius 2 is 2.26 bits per heavy atom. The Labute approximate surface area is 130 Å². The maximum Gasteiger partial charge on any atom is 0.388 e. The Morgan fingerprint density at radius 1 is 1.48 bits per heavy atom. The molecule has 0 aromatic carbocycles. The number of hydrogen-bond acceptors (Lipinski definition) is 7. The second-order valence-electron chi connectivity index (χ2n) is 4.86. The van der Waals surface area contributed by atoms with Gasteiger partial charge in [0.15, 0.2) is 5.25 Å². The van der Waals surface area contributed by atoms with Crippen LogP contribution in [-0.2, 0) is 10.0 Å². The fourth-order valence-electron chi connectivity index (χ4n) is 2.23. The summed E-state index contributed by atoms with van der Waals surface area (Å²) in [6.45, 7) is -2.63. The van der Waals surface area contributed by atoms with E-state index in [4.69, 9.17) is 4.52 Å². The molecule has 0 radical (unpaired) electrons. The first-order chi connectivity index (χ1) is 10.9. The zero-order valence-corrected chi connectivity index (χ0v) is 12.7. The highest BCUT2D eigenvalue weighted by atomic mass is 32.2. The first-order valence-electron chi connectivity index (χ1n) is 6.58. The van der Waals surface area contributed by atoms with Crippen LogP contribution in [0.25, 0.3) is 11.4 Å². The van der Waals surface area contributed by atoms with Crippen molar-refractivity contribution in [2.24, 2.45) is 0 Å². The molecule has 1 aliphatic rings. The monoisotopic (exact) mass is 346 g/mol. The predicted molar refractivity (Wildman–Crippen MR) is 73.1 cm³/mol. The molecule has 124 valence electrons. The van der Waals surface area contributed by atoms with Gasteiger partial charge in [0.2, 0.25) is 27.6 Å². The van der Waals surface area contributed by atoms with E-state index in [0.29, 0.717) is 18.5 Å². The van der Waals surface area contributed by atoms with Crippen molar-refractivity contribution < 1.29 is 26.5 Å². The standard InChI is InChI=1S/C12H12F2N4O4S/c1-18-5-3-8(23(18,19)20)11-16-10(17-22-11)7-2-4-15-9(6-7)21-12(13)14/h2,4,6,8,12H,3,5H2,1H3. The van der Waals surface area contributed by atoms with E-state index in [1.807, 2.05) is 0 Å². The molecule has 0 bridgehead atoms. The minimum atomic E-state index is -3.51. The average molecular weight is 346 g/mol. The van der Waals surface area contributed by atoms with Gasteiger partial charge in [-0.15, -0.1) is 0 Å². The molecule has 1 unspecified atom stereocenters. The van der Waals surface area contributed by atoms with Crippen LogP contribution in [-0.4, -0.2) is 48.1 Å². The SMILES string of the molecule is CN1CCC(c2nc(-c3ccnc(OC(F)F)c3)no2)S1(=O)=O. The summed E-state index contributed by atoms with van der Waals surface area (Å²) in [4.78, 5) is 7.69. The van der Waals surface area contributed by atoms with Crippen LogP contribution in [0.5, 0.6) is 5.88 Å². The fourth-order valence-corrected chi connectivity index (χ4v) is 3.78. The molecular weight excluding hydrogens is 334 g/mol. The van der Waals surface area contributed by atoms with Gasteiger partial charge in [-0.2, -0.15) is 13.8 Å². The van der Waals surface area contributed by atoms with Gasteiger partial charge in [-0.05, 0) is 12.5 Å². The maximum atomic E-state index is 12.2. The summed E-state index contributed by atoms with van der Waals surface area (Å²) in [7, 11) is -2.04. The highest BCUT2D eigenvalue weighted by molar-refractivity contribution is 7.89. The molecule has 1 saturated heterocycles.